The highest BCUT2D eigenvalue weighted by Gasteiger charge is 2.22. The molecule has 1 amide bonds. The van der Waals surface area contributed by atoms with E-state index in [1.54, 1.807) is 31.2 Å². The van der Waals surface area contributed by atoms with E-state index in [0.29, 0.717) is 30.8 Å². The number of carbonyl (C=O) groups is 1. The van der Waals surface area contributed by atoms with Gasteiger partial charge in [-0.25, -0.2) is 8.42 Å². The number of hydrogen-bond donors (Lipinski definition) is 4. The second-order valence-corrected chi connectivity index (χ2v) is 9.63. The van der Waals surface area contributed by atoms with Gasteiger partial charge in [0.25, 0.3) is 21.6 Å². The lowest BCUT2D eigenvalue weighted by Crippen LogP contribution is -2.25. The third kappa shape index (κ3) is 6.70. The van der Waals surface area contributed by atoms with E-state index in [4.69, 9.17) is 0 Å². The summed E-state index contributed by atoms with van der Waals surface area (Å²) in [6, 6.07) is 14.8. The van der Waals surface area contributed by atoms with Gasteiger partial charge < -0.3 is 15.7 Å². The number of nitro groups is 1. The molecule has 3 aromatic carbocycles. The molecule has 0 aromatic heterocycles. The largest absolute Gasteiger partial charge is 0.508 e. The number of nitro benzene ring substituents is 1. The average Bonchev–Trinajstić information content (AvgIpc) is 2.80. The van der Waals surface area contributed by atoms with Crippen molar-refractivity contribution in [3.63, 3.8) is 0 Å². The Balaban J connectivity index is 1.62. The van der Waals surface area contributed by atoms with Crippen LogP contribution in [0.1, 0.15) is 27.9 Å². The molecule has 0 aliphatic carbocycles. The van der Waals surface area contributed by atoms with Crippen LogP contribution in [0.2, 0.25) is 0 Å². The van der Waals surface area contributed by atoms with Crippen LogP contribution in [-0.2, 0) is 10.0 Å². The average molecular weight is 499 g/mol. The van der Waals surface area contributed by atoms with Crippen LogP contribution in [0.25, 0.3) is 0 Å². The van der Waals surface area contributed by atoms with E-state index in [2.05, 4.69) is 15.4 Å². The predicted octanol–water partition coefficient (Wildman–Crippen LogP) is 3.95. The van der Waals surface area contributed by atoms with Gasteiger partial charge in [0, 0.05) is 24.7 Å². The van der Waals surface area contributed by atoms with Gasteiger partial charge in [0.2, 0.25) is 0 Å². The molecule has 0 radical (unpaired) electrons. The summed E-state index contributed by atoms with van der Waals surface area (Å²) in [7, 11) is -4.04. The van der Waals surface area contributed by atoms with Crippen molar-refractivity contribution in [3.05, 3.63) is 87.5 Å². The van der Waals surface area contributed by atoms with Crippen molar-refractivity contribution in [3.8, 4) is 5.75 Å². The van der Waals surface area contributed by atoms with E-state index in [1.807, 2.05) is 13.0 Å². The van der Waals surface area contributed by atoms with Crippen LogP contribution in [0.5, 0.6) is 5.75 Å². The predicted molar refractivity (Wildman–Crippen MR) is 133 cm³/mol. The highest BCUT2D eigenvalue weighted by molar-refractivity contribution is 7.92. The van der Waals surface area contributed by atoms with Crippen LogP contribution in [-0.4, -0.2) is 37.4 Å². The number of aromatic hydroxyl groups is 1. The maximum atomic E-state index is 12.8. The molecular weight excluding hydrogens is 472 g/mol. The van der Waals surface area contributed by atoms with Crippen LogP contribution in [0, 0.1) is 24.0 Å². The number of phenols is 1. The maximum absolute atomic E-state index is 12.8. The van der Waals surface area contributed by atoms with Gasteiger partial charge in [-0.3, -0.25) is 19.6 Å². The standard InChI is InChI=1S/C24H26N4O6S/c1-16-7-9-21(17(2)13-16)27-35(33,34)20-8-10-22(23(15-20)28(31)32)25-11-4-12-26-24(30)18-5-3-6-19(29)14-18/h3,5-10,13-15,25,27,29H,4,11-12H2,1-2H3,(H,26,30). The normalized spacial score (nSPS) is 11.0. The summed E-state index contributed by atoms with van der Waals surface area (Å²) in [6.45, 7) is 4.26. The third-order valence-corrected chi connectivity index (χ3v) is 6.53. The Bertz CT molecular complexity index is 1360. The monoisotopic (exact) mass is 498 g/mol. The van der Waals surface area contributed by atoms with Gasteiger partial charge >= 0.3 is 0 Å². The number of phenolic OH excluding ortho intramolecular Hbond substituents is 1. The summed E-state index contributed by atoms with van der Waals surface area (Å²) in [4.78, 5) is 22.8. The van der Waals surface area contributed by atoms with Gasteiger partial charge in [-0.2, -0.15) is 0 Å². The molecule has 0 saturated heterocycles. The van der Waals surface area contributed by atoms with Crippen LogP contribution in [0.4, 0.5) is 17.1 Å². The van der Waals surface area contributed by atoms with E-state index in [9.17, 15) is 28.4 Å². The van der Waals surface area contributed by atoms with Crippen molar-refractivity contribution >= 4 is 33.0 Å². The van der Waals surface area contributed by atoms with Crippen molar-refractivity contribution in [2.75, 3.05) is 23.1 Å². The summed E-state index contributed by atoms with van der Waals surface area (Å²) in [5, 5.41) is 26.6. The van der Waals surface area contributed by atoms with Crippen molar-refractivity contribution in [1.29, 1.82) is 0 Å². The molecule has 10 nitrogen and oxygen atoms in total. The summed E-state index contributed by atoms with van der Waals surface area (Å²) < 4.78 is 28.1. The number of amides is 1. The minimum absolute atomic E-state index is 0.0127. The fraction of sp³-hybridized carbons (Fsp3) is 0.208. The third-order valence-electron chi connectivity index (χ3n) is 5.17. The molecule has 0 aliphatic heterocycles. The summed E-state index contributed by atoms with van der Waals surface area (Å²) >= 11 is 0. The lowest BCUT2D eigenvalue weighted by atomic mass is 10.1. The molecule has 184 valence electrons. The number of carbonyl (C=O) groups excluding carboxylic acids is 1. The lowest BCUT2D eigenvalue weighted by molar-refractivity contribution is -0.384. The van der Waals surface area contributed by atoms with Gasteiger partial charge in [0.1, 0.15) is 11.4 Å². The van der Waals surface area contributed by atoms with Crippen LogP contribution in [0.15, 0.2) is 65.6 Å². The van der Waals surface area contributed by atoms with Crippen molar-refractivity contribution < 1.29 is 23.2 Å². The van der Waals surface area contributed by atoms with Gasteiger partial charge in [-0.15, -0.1) is 0 Å². The molecule has 0 bridgehead atoms. The number of benzene rings is 3. The van der Waals surface area contributed by atoms with E-state index in [-0.39, 0.29) is 27.9 Å². The Morgan fingerprint density at radius 2 is 1.74 bits per heavy atom. The van der Waals surface area contributed by atoms with Gasteiger partial charge in [-0.1, -0.05) is 23.8 Å². The minimum Gasteiger partial charge on any atom is -0.508 e. The molecule has 3 rings (SSSR count). The summed E-state index contributed by atoms with van der Waals surface area (Å²) in [5.74, 6) is -0.362. The number of nitrogens with zero attached hydrogens (tertiary/aromatic N) is 1. The molecule has 0 saturated carbocycles. The van der Waals surface area contributed by atoms with Gasteiger partial charge in [0.05, 0.1) is 15.5 Å². The Morgan fingerprint density at radius 1 is 1.00 bits per heavy atom. The number of hydrogen-bond acceptors (Lipinski definition) is 7. The fourth-order valence-corrected chi connectivity index (χ4v) is 4.52. The van der Waals surface area contributed by atoms with E-state index < -0.39 is 14.9 Å². The number of sulfonamides is 1. The summed E-state index contributed by atoms with van der Waals surface area (Å²) in [6.07, 6.45) is 0.454. The van der Waals surface area contributed by atoms with Crippen molar-refractivity contribution in [2.45, 2.75) is 25.2 Å². The number of rotatable bonds is 10. The first-order valence-corrected chi connectivity index (χ1v) is 12.2. The van der Waals surface area contributed by atoms with Gasteiger partial charge in [-0.05, 0) is 62.2 Å². The topological polar surface area (TPSA) is 151 Å². The first kappa shape index (κ1) is 25.5. The molecule has 3 aromatic rings. The highest BCUT2D eigenvalue weighted by atomic mass is 32.2. The minimum atomic E-state index is -4.04. The molecule has 11 heteroatoms. The Kier molecular flexibility index (Phi) is 7.92. The second kappa shape index (κ2) is 10.9. The van der Waals surface area contributed by atoms with E-state index >= 15 is 0 Å². The first-order chi connectivity index (χ1) is 16.6. The summed E-state index contributed by atoms with van der Waals surface area (Å²) in [5.41, 5.74) is 2.22. The lowest BCUT2D eigenvalue weighted by Gasteiger charge is -2.13. The molecule has 35 heavy (non-hydrogen) atoms. The molecule has 0 fully saturated rings. The van der Waals surface area contributed by atoms with Crippen LogP contribution < -0.4 is 15.4 Å². The molecule has 0 atom stereocenters. The second-order valence-electron chi connectivity index (χ2n) is 7.95. The number of anilines is 2. The highest BCUT2D eigenvalue weighted by Crippen LogP contribution is 2.29. The van der Waals surface area contributed by atoms with E-state index in [0.717, 1.165) is 17.2 Å². The zero-order chi connectivity index (χ0) is 25.6. The quantitative estimate of drug-likeness (QED) is 0.188. The van der Waals surface area contributed by atoms with E-state index in [1.165, 1.54) is 24.3 Å². The zero-order valence-electron chi connectivity index (χ0n) is 19.2. The van der Waals surface area contributed by atoms with Crippen molar-refractivity contribution in [2.24, 2.45) is 0 Å². The van der Waals surface area contributed by atoms with Gasteiger partial charge in [0.15, 0.2) is 0 Å². The molecule has 0 aliphatic rings. The Morgan fingerprint density at radius 3 is 2.43 bits per heavy atom. The molecule has 4 N–H and O–H groups in total. The molecule has 0 unspecified atom stereocenters. The number of nitrogens with one attached hydrogen (secondary N) is 3. The van der Waals surface area contributed by atoms with Crippen molar-refractivity contribution in [1.82, 2.24) is 5.32 Å². The first-order valence-electron chi connectivity index (χ1n) is 10.8. The molecular formula is C24H26N4O6S. The number of aryl methyl sites for hydroxylation is 2. The smallest absolute Gasteiger partial charge is 0.293 e. The zero-order valence-corrected chi connectivity index (χ0v) is 20.1. The Labute approximate surface area is 203 Å². The molecule has 0 spiro atoms. The Hall–Kier alpha value is -4.12. The van der Waals surface area contributed by atoms with Crippen LogP contribution >= 0.6 is 0 Å². The van der Waals surface area contributed by atoms with Crippen LogP contribution in [0.3, 0.4) is 0 Å². The maximum Gasteiger partial charge on any atom is 0.293 e. The molecule has 0 heterocycles. The SMILES string of the molecule is Cc1ccc(NS(=O)(=O)c2ccc(NCCCNC(=O)c3cccc(O)c3)c([N+](=O)[O-])c2)c(C)c1. The fourth-order valence-electron chi connectivity index (χ4n) is 3.37.